The van der Waals surface area contributed by atoms with Crippen LogP contribution in [-0.4, -0.2) is 5.11 Å². The van der Waals surface area contributed by atoms with Crippen molar-refractivity contribution < 1.29 is 5.11 Å². The van der Waals surface area contributed by atoms with Gasteiger partial charge in [0, 0.05) is 9.75 Å². The summed E-state index contributed by atoms with van der Waals surface area (Å²) in [5, 5.41) is 10.6. The van der Waals surface area contributed by atoms with Crippen LogP contribution in [0.15, 0.2) is 12.1 Å². The topological polar surface area (TPSA) is 20.2 Å². The first kappa shape index (κ1) is 14.1. The zero-order valence-corrected chi connectivity index (χ0v) is 12.9. The summed E-state index contributed by atoms with van der Waals surface area (Å²) >= 11 is 1.79. The molecular formula is C16H26OS. The second kappa shape index (κ2) is 5.34. The van der Waals surface area contributed by atoms with E-state index in [1.54, 1.807) is 11.3 Å². The monoisotopic (exact) mass is 266 g/mol. The van der Waals surface area contributed by atoms with Gasteiger partial charge < -0.3 is 5.11 Å². The summed E-state index contributed by atoms with van der Waals surface area (Å²) in [4.78, 5) is 2.54. The first-order valence-electron chi connectivity index (χ1n) is 7.16. The van der Waals surface area contributed by atoms with Crippen LogP contribution >= 0.6 is 11.3 Å². The van der Waals surface area contributed by atoms with E-state index < -0.39 is 0 Å². The van der Waals surface area contributed by atoms with Crippen LogP contribution < -0.4 is 0 Å². The molecule has 0 bridgehead atoms. The molecule has 0 amide bonds. The minimum atomic E-state index is -0.242. The summed E-state index contributed by atoms with van der Waals surface area (Å²) in [6, 6.07) is 4.32. The highest BCUT2D eigenvalue weighted by atomic mass is 32.1. The van der Waals surface area contributed by atoms with Crippen LogP contribution in [-0.2, 0) is 5.41 Å². The smallest absolute Gasteiger partial charge is 0.0910 e. The molecule has 3 atom stereocenters. The molecule has 0 aromatic carbocycles. The molecular weight excluding hydrogens is 240 g/mol. The lowest BCUT2D eigenvalue weighted by atomic mass is 9.79. The van der Waals surface area contributed by atoms with E-state index in [2.05, 4.69) is 39.8 Å². The molecule has 1 aliphatic carbocycles. The van der Waals surface area contributed by atoms with Gasteiger partial charge in [0.25, 0.3) is 0 Å². The van der Waals surface area contributed by atoms with Gasteiger partial charge in [0.1, 0.15) is 0 Å². The summed E-state index contributed by atoms with van der Waals surface area (Å²) in [7, 11) is 0. The van der Waals surface area contributed by atoms with Crippen molar-refractivity contribution in [3.05, 3.63) is 21.9 Å². The Hall–Kier alpha value is -0.340. The predicted octanol–water partition coefficient (Wildman–Crippen LogP) is 4.91. The molecule has 3 unspecified atom stereocenters. The third-order valence-corrected chi connectivity index (χ3v) is 5.66. The molecule has 0 spiro atoms. The third kappa shape index (κ3) is 3.16. The van der Waals surface area contributed by atoms with Gasteiger partial charge in [0.15, 0.2) is 0 Å². The number of aliphatic hydroxyl groups excluding tert-OH is 1. The fourth-order valence-electron chi connectivity index (χ4n) is 2.91. The highest BCUT2D eigenvalue weighted by Crippen LogP contribution is 2.40. The van der Waals surface area contributed by atoms with Gasteiger partial charge in [0.2, 0.25) is 0 Å². The van der Waals surface area contributed by atoms with Crippen molar-refractivity contribution in [1.29, 1.82) is 0 Å². The van der Waals surface area contributed by atoms with Gasteiger partial charge in [-0.2, -0.15) is 0 Å². The van der Waals surface area contributed by atoms with Crippen LogP contribution in [0.25, 0.3) is 0 Å². The van der Waals surface area contributed by atoms with Crippen LogP contribution in [0, 0.1) is 11.8 Å². The lowest BCUT2D eigenvalue weighted by Crippen LogP contribution is -2.19. The van der Waals surface area contributed by atoms with Crippen molar-refractivity contribution in [1.82, 2.24) is 0 Å². The maximum atomic E-state index is 10.6. The van der Waals surface area contributed by atoms with Crippen LogP contribution in [0.5, 0.6) is 0 Å². The second-order valence-corrected chi connectivity index (χ2v) is 8.04. The van der Waals surface area contributed by atoms with E-state index >= 15 is 0 Å². The largest absolute Gasteiger partial charge is 0.387 e. The van der Waals surface area contributed by atoms with Crippen LogP contribution in [0.1, 0.15) is 69.2 Å². The van der Waals surface area contributed by atoms with E-state index in [0.717, 1.165) is 5.92 Å². The summed E-state index contributed by atoms with van der Waals surface area (Å²) in [6.07, 6.45) is 4.74. The molecule has 1 N–H and O–H groups in total. The van der Waals surface area contributed by atoms with E-state index in [-0.39, 0.29) is 11.5 Å². The fraction of sp³-hybridized carbons (Fsp3) is 0.750. The van der Waals surface area contributed by atoms with Gasteiger partial charge in [-0.1, -0.05) is 40.5 Å². The van der Waals surface area contributed by atoms with Crippen LogP contribution in [0.4, 0.5) is 0 Å². The van der Waals surface area contributed by atoms with E-state index in [4.69, 9.17) is 0 Å². The van der Waals surface area contributed by atoms with Crippen molar-refractivity contribution >= 4 is 11.3 Å². The molecule has 2 rings (SSSR count). The first-order valence-corrected chi connectivity index (χ1v) is 7.98. The summed E-state index contributed by atoms with van der Waals surface area (Å²) < 4.78 is 0. The second-order valence-electron chi connectivity index (χ2n) is 6.93. The van der Waals surface area contributed by atoms with E-state index in [1.165, 1.54) is 35.4 Å². The summed E-state index contributed by atoms with van der Waals surface area (Å²) in [5.74, 6) is 1.25. The Labute approximate surface area is 115 Å². The number of rotatable bonds is 2. The molecule has 18 heavy (non-hydrogen) atoms. The average molecular weight is 266 g/mol. The maximum absolute atomic E-state index is 10.6. The molecule has 102 valence electrons. The Morgan fingerprint density at radius 2 is 2.00 bits per heavy atom. The predicted molar refractivity (Wildman–Crippen MR) is 79.1 cm³/mol. The molecule has 1 fully saturated rings. The van der Waals surface area contributed by atoms with Crippen molar-refractivity contribution in [3.63, 3.8) is 0 Å². The number of hydrogen-bond donors (Lipinski definition) is 1. The van der Waals surface area contributed by atoms with E-state index in [1.807, 2.05) is 0 Å². The zero-order valence-electron chi connectivity index (χ0n) is 12.1. The van der Waals surface area contributed by atoms with Crippen LogP contribution in [0.3, 0.4) is 0 Å². The summed E-state index contributed by atoms with van der Waals surface area (Å²) in [6.45, 7) is 9.01. The molecule has 0 radical (unpaired) electrons. The highest BCUT2D eigenvalue weighted by Gasteiger charge is 2.28. The molecule has 0 aliphatic heterocycles. The SMILES string of the molecule is CC1CCCC(C(O)c2ccc(C(C)(C)C)s2)C1. The Morgan fingerprint density at radius 1 is 1.28 bits per heavy atom. The van der Waals surface area contributed by atoms with E-state index in [9.17, 15) is 5.11 Å². The third-order valence-electron chi connectivity index (χ3n) is 4.08. The summed E-state index contributed by atoms with van der Waals surface area (Å²) in [5.41, 5.74) is 0.197. The van der Waals surface area contributed by atoms with Gasteiger partial charge >= 0.3 is 0 Å². The zero-order chi connectivity index (χ0) is 13.3. The molecule has 1 aromatic rings. The molecule has 2 heteroatoms. The first-order chi connectivity index (χ1) is 8.38. The average Bonchev–Trinajstić information content (AvgIpc) is 2.77. The van der Waals surface area contributed by atoms with Crippen LogP contribution in [0.2, 0.25) is 0 Å². The van der Waals surface area contributed by atoms with Gasteiger partial charge in [-0.15, -0.1) is 11.3 Å². The van der Waals surface area contributed by atoms with Crippen molar-refractivity contribution in [2.45, 2.75) is 64.9 Å². The lowest BCUT2D eigenvalue weighted by Gasteiger charge is -2.30. The Morgan fingerprint density at radius 3 is 2.56 bits per heavy atom. The molecule has 1 aromatic heterocycles. The number of aliphatic hydroxyl groups is 1. The van der Waals surface area contributed by atoms with Gasteiger partial charge in [-0.25, -0.2) is 0 Å². The molecule has 0 saturated heterocycles. The standard InChI is InChI=1S/C16H26OS/c1-11-6-5-7-12(10-11)15(17)13-8-9-14(18-13)16(2,3)4/h8-9,11-12,15,17H,5-7,10H2,1-4H3. The minimum absolute atomic E-state index is 0.197. The lowest BCUT2D eigenvalue weighted by molar-refractivity contribution is 0.0742. The Balaban J connectivity index is 2.09. The fourth-order valence-corrected chi connectivity index (χ4v) is 4.06. The quantitative estimate of drug-likeness (QED) is 0.806. The Kier molecular flexibility index (Phi) is 4.18. The van der Waals surface area contributed by atoms with E-state index in [0.29, 0.717) is 5.92 Å². The number of hydrogen-bond acceptors (Lipinski definition) is 2. The van der Waals surface area contributed by atoms with Gasteiger partial charge in [0.05, 0.1) is 6.10 Å². The van der Waals surface area contributed by atoms with Gasteiger partial charge in [-0.3, -0.25) is 0 Å². The highest BCUT2D eigenvalue weighted by molar-refractivity contribution is 7.12. The van der Waals surface area contributed by atoms with Gasteiger partial charge in [-0.05, 0) is 42.2 Å². The molecule has 1 saturated carbocycles. The minimum Gasteiger partial charge on any atom is -0.387 e. The maximum Gasteiger partial charge on any atom is 0.0910 e. The Bertz CT molecular complexity index is 388. The normalized spacial score (nSPS) is 27.2. The van der Waals surface area contributed by atoms with Crippen molar-refractivity contribution in [2.75, 3.05) is 0 Å². The molecule has 1 aliphatic rings. The van der Waals surface area contributed by atoms with Crippen molar-refractivity contribution in [3.8, 4) is 0 Å². The van der Waals surface area contributed by atoms with Crippen molar-refractivity contribution in [2.24, 2.45) is 11.8 Å². The molecule has 1 heterocycles. The molecule has 1 nitrogen and oxygen atoms in total. The number of thiophene rings is 1.